The highest BCUT2D eigenvalue weighted by Gasteiger charge is 2.17. The van der Waals surface area contributed by atoms with Crippen LogP contribution in [0.15, 0.2) is 48.5 Å². The number of rotatable bonds is 6. The van der Waals surface area contributed by atoms with Gasteiger partial charge in [0, 0.05) is 11.5 Å². The van der Waals surface area contributed by atoms with Crippen molar-refractivity contribution >= 4 is 0 Å². The number of methoxy groups -OCH3 is 2. The van der Waals surface area contributed by atoms with Crippen molar-refractivity contribution in [1.29, 1.82) is 0 Å². The Balaban J connectivity index is 2.32. The van der Waals surface area contributed by atoms with Crippen molar-refractivity contribution in [2.45, 2.75) is 12.3 Å². The summed E-state index contributed by atoms with van der Waals surface area (Å²) in [7, 11) is 3.36. The van der Waals surface area contributed by atoms with Crippen LogP contribution in [-0.2, 0) is 6.42 Å². The van der Waals surface area contributed by atoms with E-state index in [0.717, 1.165) is 23.5 Å². The average Bonchev–Trinajstić information content (AvgIpc) is 2.53. The van der Waals surface area contributed by atoms with Crippen LogP contribution in [0.5, 0.6) is 11.5 Å². The second-order valence-electron chi connectivity index (χ2n) is 4.69. The van der Waals surface area contributed by atoms with Gasteiger partial charge in [0.15, 0.2) is 0 Å². The predicted molar refractivity (Wildman–Crippen MR) is 81.5 cm³/mol. The third kappa shape index (κ3) is 3.11. The van der Waals surface area contributed by atoms with E-state index in [1.165, 1.54) is 5.56 Å². The molecule has 1 unspecified atom stereocenters. The van der Waals surface area contributed by atoms with Gasteiger partial charge in [-0.2, -0.15) is 0 Å². The minimum atomic E-state index is 0.251. The Morgan fingerprint density at radius 3 is 2.00 bits per heavy atom. The van der Waals surface area contributed by atoms with Crippen LogP contribution in [0, 0.1) is 0 Å². The molecule has 0 fully saturated rings. The molecule has 0 saturated carbocycles. The zero-order valence-corrected chi connectivity index (χ0v) is 12.0. The van der Waals surface area contributed by atoms with Crippen LogP contribution in [-0.4, -0.2) is 20.8 Å². The zero-order valence-electron chi connectivity index (χ0n) is 12.0. The Kier molecular flexibility index (Phi) is 5.02. The van der Waals surface area contributed by atoms with E-state index >= 15 is 0 Å². The minimum Gasteiger partial charge on any atom is -0.496 e. The Labute approximate surface area is 120 Å². The molecule has 1 atom stereocenters. The molecule has 0 amide bonds. The maximum atomic E-state index is 5.95. The largest absolute Gasteiger partial charge is 0.496 e. The Morgan fingerprint density at radius 1 is 0.900 bits per heavy atom. The molecule has 106 valence electrons. The maximum Gasteiger partial charge on any atom is 0.125 e. The topological polar surface area (TPSA) is 44.5 Å². The van der Waals surface area contributed by atoms with Crippen LogP contribution in [0.1, 0.15) is 17.0 Å². The summed E-state index contributed by atoms with van der Waals surface area (Å²) >= 11 is 0. The molecule has 0 heterocycles. The minimum absolute atomic E-state index is 0.251. The quantitative estimate of drug-likeness (QED) is 0.878. The Morgan fingerprint density at radius 2 is 1.50 bits per heavy atom. The fourth-order valence-electron chi connectivity index (χ4n) is 2.44. The fourth-order valence-corrected chi connectivity index (χ4v) is 2.44. The lowest BCUT2D eigenvalue weighted by Gasteiger charge is -2.19. The molecule has 0 saturated heterocycles. The molecule has 0 aliphatic heterocycles. The van der Waals surface area contributed by atoms with E-state index in [-0.39, 0.29) is 5.92 Å². The predicted octanol–water partition coefficient (Wildman–Crippen LogP) is 2.99. The van der Waals surface area contributed by atoms with Gasteiger partial charge in [-0.25, -0.2) is 0 Å². The Hall–Kier alpha value is -2.00. The van der Waals surface area contributed by atoms with Crippen LogP contribution >= 0.6 is 0 Å². The van der Waals surface area contributed by atoms with Gasteiger partial charge in [0.1, 0.15) is 11.5 Å². The van der Waals surface area contributed by atoms with E-state index in [4.69, 9.17) is 15.2 Å². The molecule has 0 spiro atoms. The van der Waals surface area contributed by atoms with Gasteiger partial charge in [-0.15, -0.1) is 0 Å². The van der Waals surface area contributed by atoms with Crippen molar-refractivity contribution in [2.75, 3.05) is 20.8 Å². The lowest BCUT2D eigenvalue weighted by atomic mass is 9.91. The van der Waals surface area contributed by atoms with Crippen molar-refractivity contribution in [3.63, 3.8) is 0 Å². The van der Waals surface area contributed by atoms with Gasteiger partial charge in [-0.1, -0.05) is 36.4 Å². The SMILES string of the molecule is COc1cccc(OC)c1CC(CN)c1ccccc1. The maximum absolute atomic E-state index is 5.95. The summed E-state index contributed by atoms with van der Waals surface area (Å²) < 4.78 is 10.9. The molecular formula is C17H21NO2. The smallest absolute Gasteiger partial charge is 0.125 e. The second kappa shape index (κ2) is 6.96. The molecule has 0 bridgehead atoms. The highest BCUT2D eigenvalue weighted by molar-refractivity contribution is 5.46. The summed E-state index contributed by atoms with van der Waals surface area (Å²) in [5, 5.41) is 0. The van der Waals surface area contributed by atoms with Crippen molar-refractivity contribution in [1.82, 2.24) is 0 Å². The van der Waals surface area contributed by atoms with E-state index in [1.54, 1.807) is 14.2 Å². The summed E-state index contributed by atoms with van der Waals surface area (Å²) in [5.41, 5.74) is 8.26. The first-order chi connectivity index (χ1) is 9.80. The van der Waals surface area contributed by atoms with Gasteiger partial charge in [-0.3, -0.25) is 0 Å². The number of hydrogen-bond donors (Lipinski definition) is 1. The molecule has 2 N–H and O–H groups in total. The van der Waals surface area contributed by atoms with Gasteiger partial charge in [0.25, 0.3) is 0 Å². The lowest BCUT2D eigenvalue weighted by Crippen LogP contribution is -2.15. The molecule has 0 aromatic heterocycles. The molecule has 3 nitrogen and oxygen atoms in total. The second-order valence-corrected chi connectivity index (χ2v) is 4.69. The van der Waals surface area contributed by atoms with E-state index < -0.39 is 0 Å². The first-order valence-corrected chi connectivity index (χ1v) is 6.75. The molecule has 0 radical (unpaired) electrons. The van der Waals surface area contributed by atoms with Crippen LogP contribution in [0.2, 0.25) is 0 Å². The van der Waals surface area contributed by atoms with Gasteiger partial charge in [-0.05, 0) is 30.7 Å². The molecule has 2 aromatic rings. The fraction of sp³-hybridized carbons (Fsp3) is 0.294. The van der Waals surface area contributed by atoms with Crippen LogP contribution in [0.25, 0.3) is 0 Å². The van der Waals surface area contributed by atoms with E-state index in [0.29, 0.717) is 6.54 Å². The summed E-state index contributed by atoms with van der Waals surface area (Å²) in [6.07, 6.45) is 0.799. The summed E-state index contributed by atoms with van der Waals surface area (Å²) in [5.74, 6) is 1.94. The monoisotopic (exact) mass is 271 g/mol. The van der Waals surface area contributed by atoms with Crippen LogP contribution in [0.4, 0.5) is 0 Å². The van der Waals surface area contributed by atoms with E-state index in [9.17, 15) is 0 Å². The number of benzene rings is 2. The number of hydrogen-bond acceptors (Lipinski definition) is 3. The first-order valence-electron chi connectivity index (χ1n) is 6.75. The highest BCUT2D eigenvalue weighted by atomic mass is 16.5. The van der Waals surface area contributed by atoms with Crippen LogP contribution in [0.3, 0.4) is 0 Å². The number of nitrogens with two attached hydrogens (primary N) is 1. The molecule has 2 aromatic carbocycles. The third-order valence-corrected chi connectivity index (χ3v) is 3.54. The van der Waals surface area contributed by atoms with Crippen LogP contribution < -0.4 is 15.2 Å². The highest BCUT2D eigenvalue weighted by Crippen LogP contribution is 2.33. The van der Waals surface area contributed by atoms with E-state index in [1.807, 2.05) is 36.4 Å². The van der Waals surface area contributed by atoms with Crippen molar-refractivity contribution < 1.29 is 9.47 Å². The third-order valence-electron chi connectivity index (χ3n) is 3.54. The van der Waals surface area contributed by atoms with Gasteiger partial charge >= 0.3 is 0 Å². The molecular weight excluding hydrogens is 250 g/mol. The first kappa shape index (κ1) is 14.4. The van der Waals surface area contributed by atoms with Gasteiger partial charge < -0.3 is 15.2 Å². The van der Waals surface area contributed by atoms with Crippen molar-refractivity contribution in [3.05, 3.63) is 59.7 Å². The summed E-state index contributed by atoms with van der Waals surface area (Å²) in [4.78, 5) is 0. The average molecular weight is 271 g/mol. The van der Waals surface area contributed by atoms with E-state index in [2.05, 4.69) is 12.1 Å². The molecule has 2 rings (SSSR count). The zero-order chi connectivity index (χ0) is 14.4. The molecule has 0 aliphatic rings. The standard InChI is InChI=1S/C17H21NO2/c1-19-16-9-6-10-17(20-2)15(16)11-14(12-18)13-7-4-3-5-8-13/h3-10,14H,11-12,18H2,1-2H3. The van der Waals surface area contributed by atoms with Gasteiger partial charge in [0.05, 0.1) is 14.2 Å². The molecule has 20 heavy (non-hydrogen) atoms. The van der Waals surface area contributed by atoms with Gasteiger partial charge in [0.2, 0.25) is 0 Å². The summed E-state index contributed by atoms with van der Waals surface area (Å²) in [6, 6.07) is 16.2. The summed E-state index contributed by atoms with van der Waals surface area (Å²) in [6.45, 7) is 0.589. The van der Waals surface area contributed by atoms with Crippen molar-refractivity contribution in [3.8, 4) is 11.5 Å². The van der Waals surface area contributed by atoms with Crippen molar-refractivity contribution in [2.24, 2.45) is 5.73 Å². The number of ether oxygens (including phenoxy) is 2. The lowest BCUT2D eigenvalue weighted by molar-refractivity contribution is 0.383. The Bertz CT molecular complexity index is 518. The molecule has 0 aliphatic carbocycles. The normalized spacial score (nSPS) is 11.9. The molecule has 3 heteroatoms.